The van der Waals surface area contributed by atoms with Gasteiger partial charge in [0.15, 0.2) is 0 Å². The maximum Gasteiger partial charge on any atom is 0.255 e. The van der Waals surface area contributed by atoms with E-state index in [1.54, 1.807) is 0 Å². The molecule has 3 aliphatic heterocycles. The van der Waals surface area contributed by atoms with Crippen LogP contribution in [0.5, 0.6) is 0 Å². The van der Waals surface area contributed by atoms with Crippen LogP contribution >= 0.6 is 11.3 Å². The number of fused-ring (bicyclic) bond motifs is 2. The number of benzene rings is 2. The number of nitrogens with one attached hydrogen (secondary N) is 1. The van der Waals surface area contributed by atoms with E-state index in [2.05, 4.69) is 45.4 Å². The van der Waals surface area contributed by atoms with Gasteiger partial charge in [-0.15, -0.1) is 11.3 Å². The lowest BCUT2D eigenvalue weighted by molar-refractivity contribution is -0.136. The summed E-state index contributed by atoms with van der Waals surface area (Å²) in [6.45, 7) is 4.27. The molecule has 1 N–H and O–H groups in total. The molecule has 1 unspecified atom stereocenters. The predicted octanol–water partition coefficient (Wildman–Crippen LogP) is 3.12. The topological polar surface area (TPSA) is 73.0 Å². The third kappa shape index (κ3) is 4.08. The highest BCUT2D eigenvalue weighted by atomic mass is 32.1. The summed E-state index contributed by atoms with van der Waals surface area (Å²) in [5.41, 5.74) is 1.81. The number of piperazine rings is 1. The number of amides is 3. The molecule has 1 aromatic heterocycles. The fraction of sp³-hybridized carbons (Fsp3) is 0.346. The molecule has 7 nitrogen and oxygen atoms in total. The number of rotatable bonds is 4. The van der Waals surface area contributed by atoms with Crippen LogP contribution in [0.25, 0.3) is 10.1 Å². The van der Waals surface area contributed by atoms with Crippen LogP contribution in [-0.2, 0) is 22.7 Å². The molecule has 9 heteroatoms. The van der Waals surface area contributed by atoms with Crippen molar-refractivity contribution in [2.24, 2.45) is 0 Å². The second kappa shape index (κ2) is 8.73. The molecule has 180 valence electrons. The Labute approximate surface area is 206 Å². The van der Waals surface area contributed by atoms with Gasteiger partial charge in [-0.1, -0.05) is 18.2 Å². The van der Waals surface area contributed by atoms with Crippen LogP contribution in [-0.4, -0.2) is 59.7 Å². The first-order chi connectivity index (χ1) is 17.0. The maximum absolute atomic E-state index is 14.6. The fourth-order valence-corrected chi connectivity index (χ4v) is 6.48. The van der Waals surface area contributed by atoms with Gasteiger partial charge in [-0.25, -0.2) is 4.39 Å². The number of carbonyl (C=O) groups excluding carboxylic acids is 3. The highest BCUT2D eigenvalue weighted by Gasteiger charge is 2.41. The number of thiophene rings is 1. The second-order valence-electron chi connectivity index (χ2n) is 9.36. The first-order valence-electron chi connectivity index (χ1n) is 11.9. The van der Waals surface area contributed by atoms with Gasteiger partial charge in [-0.05, 0) is 36.1 Å². The smallest absolute Gasteiger partial charge is 0.255 e. The van der Waals surface area contributed by atoms with Crippen LogP contribution in [0.1, 0.15) is 33.6 Å². The summed E-state index contributed by atoms with van der Waals surface area (Å²) in [4.78, 5) is 44.4. The summed E-state index contributed by atoms with van der Waals surface area (Å²) in [5.74, 6) is -1.58. The van der Waals surface area contributed by atoms with Crippen LogP contribution in [0.3, 0.4) is 0 Å². The molecule has 3 aliphatic rings. The van der Waals surface area contributed by atoms with Crippen molar-refractivity contribution in [2.45, 2.75) is 32.0 Å². The average Bonchev–Trinajstić information content (AvgIpc) is 3.40. The van der Waals surface area contributed by atoms with Gasteiger partial charge in [0, 0.05) is 72.1 Å². The molecular weight excluding hydrogens is 467 g/mol. The first kappa shape index (κ1) is 22.2. The molecule has 3 aromatic rings. The van der Waals surface area contributed by atoms with Crippen LogP contribution in [0, 0.1) is 5.82 Å². The number of hydrogen-bond donors (Lipinski definition) is 1. The van der Waals surface area contributed by atoms with Crippen molar-refractivity contribution in [2.75, 3.05) is 31.1 Å². The SMILES string of the molecule is O=C1CCC(N2Cc3c(cc(F)cc3N3CCN(Cc4cc5ccccc5s4)CC3)C2=O)C(=O)N1. The zero-order chi connectivity index (χ0) is 24.1. The van der Waals surface area contributed by atoms with Crippen molar-refractivity contribution in [3.63, 3.8) is 0 Å². The van der Waals surface area contributed by atoms with Crippen LogP contribution in [0.15, 0.2) is 42.5 Å². The lowest BCUT2D eigenvalue weighted by Crippen LogP contribution is -2.52. The number of anilines is 1. The Morgan fingerprint density at radius 3 is 2.60 bits per heavy atom. The minimum atomic E-state index is -0.707. The van der Waals surface area contributed by atoms with Crippen molar-refractivity contribution < 1.29 is 18.8 Å². The van der Waals surface area contributed by atoms with Gasteiger partial charge in [0.2, 0.25) is 11.8 Å². The average molecular weight is 493 g/mol. The van der Waals surface area contributed by atoms with E-state index in [4.69, 9.17) is 0 Å². The molecule has 2 fully saturated rings. The first-order valence-corrected chi connectivity index (χ1v) is 12.7. The Hall–Kier alpha value is -3.30. The number of nitrogens with zero attached hydrogens (tertiary/aromatic N) is 3. The Morgan fingerprint density at radius 2 is 1.83 bits per heavy atom. The van der Waals surface area contributed by atoms with Crippen molar-refractivity contribution in [1.82, 2.24) is 15.1 Å². The third-order valence-corrected chi connectivity index (χ3v) is 8.27. The molecule has 2 aromatic carbocycles. The van der Waals surface area contributed by atoms with E-state index in [1.807, 2.05) is 11.3 Å². The van der Waals surface area contributed by atoms with E-state index in [-0.39, 0.29) is 24.8 Å². The molecule has 4 heterocycles. The lowest BCUT2D eigenvalue weighted by atomic mass is 10.0. The Morgan fingerprint density at radius 1 is 1.03 bits per heavy atom. The van der Waals surface area contributed by atoms with Crippen LogP contribution in [0.2, 0.25) is 0 Å². The highest BCUT2D eigenvalue weighted by molar-refractivity contribution is 7.19. The van der Waals surface area contributed by atoms with Crippen molar-refractivity contribution in [3.8, 4) is 0 Å². The monoisotopic (exact) mass is 492 g/mol. The standard InChI is InChI=1S/C26H25FN4O3S/c27-17-12-19-20(15-31(26(19)34)21-5-6-24(32)28-25(21)33)22(13-17)30-9-7-29(8-10-30)14-18-11-16-3-1-2-4-23(16)35-18/h1-4,11-13,21H,5-10,14-15H2,(H,28,32,33). The van der Waals surface area contributed by atoms with Crippen LogP contribution in [0.4, 0.5) is 10.1 Å². The Bertz CT molecular complexity index is 1310. The molecule has 0 spiro atoms. The van der Waals surface area contributed by atoms with E-state index >= 15 is 0 Å². The Balaban J connectivity index is 1.17. The molecule has 3 amide bonds. The molecule has 35 heavy (non-hydrogen) atoms. The second-order valence-corrected chi connectivity index (χ2v) is 10.5. The molecule has 0 bridgehead atoms. The van der Waals surface area contributed by atoms with Crippen molar-refractivity contribution in [3.05, 3.63) is 64.3 Å². The minimum Gasteiger partial charge on any atom is -0.369 e. The summed E-state index contributed by atoms with van der Waals surface area (Å²) in [7, 11) is 0. The molecule has 0 radical (unpaired) electrons. The number of piperidine rings is 1. The van der Waals surface area contributed by atoms with Gasteiger partial charge >= 0.3 is 0 Å². The summed E-state index contributed by atoms with van der Waals surface area (Å²) < 4.78 is 15.9. The van der Waals surface area contributed by atoms with E-state index < -0.39 is 17.8 Å². The Kier molecular flexibility index (Phi) is 5.53. The van der Waals surface area contributed by atoms with E-state index in [0.29, 0.717) is 12.0 Å². The van der Waals surface area contributed by atoms with Crippen LogP contribution < -0.4 is 10.2 Å². The predicted molar refractivity (Wildman–Crippen MR) is 132 cm³/mol. The molecule has 1 atom stereocenters. The maximum atomic E-state index is 14.6. The molecule has 0 aliphatic carbocycles. The van der Waals surface area contributed by atoms with Gasteiger partial charge < -0.3 is 9.80 Å². The molecule has 2 saturated heterocycles. The summed E-state index contributed by atoms with van der Waals surface area (Å²) in [6, 6.07) is 12.7. The highest BCUT2D eigenvalue weighted by Crippen LogP contribution is 2.36. The van der Waals surface area contributed by atoms with E-state index in [1.165, 1.54) is 32.0 Å². The van der Waals surface area contributed by atoms with E-state index in [9.17, 15) is 18.8 Å². The fourth-order valence-electron chi connectivity index (χ4n) is 5.37. The summed E-state index contributed by atoms with van der Waals surface area (Å²) >= 11 is 1.82. The lowest BCUT2D eigenvalue weighted by Gasteiger charge is -2.37. The quantitative estimate of drug-likeness (QED) is 0.567. The van der Waals surface area contributed by atoms with Gasteiger partial charge in [0.1, 0.15) is 11.9 Å². The van der Waals surface area contributed by atoms with Gasteiger partial charge in [-0.3, -0.25) is 24.6 Å². The number of hydrogen-bond acceptors (Lipinski definition) is 6. The summed E-state index contributed by atoms with van der Waals surface area (Å²) in [5, 5.41) is 3.59. The molecular formula is C26H25FN4O3S. The minimum absolute atomic E-state index is 0.194. The largest absolute Gasteiger partial charge is 0.369 e. The van der Waals surface area contributed by atoms with Gasteiger partial charge in [0.05, 0.1) is 0 Å². The zero-order valence-electron chi connectivity index (χ0n) is 19.1. The molecule has 6 rings (SSSR count). The van der Waals surface area contributed by atoms with Crippen molar-refractivity contribution in [1.29, 1.82) is 0 Å². The normalized spacial score (nSPS) is 21.1. The van der Waals surface area contributed by atoms with Crippen molar-refractivity contribution >= 4 is 44.8 Å². The number of carbonyl (C=O) groups is 3. The van der Waals surface area contributed by atoms with E-state index in [0.717, 1.165) is 44.0 Å². The number of halogens is 1. The third-order valence-electron chi connectivity index (χ3n) is 7.17. The van der Waals surface area contributed by atoms with Gasteiger partial charge in [0.25, 0.3) is 5.91 Å². The number of imide groups is 1. The summed E-state index contributed by atoms with van der Waals surface area (Å²) in [6.07, 6.45) is 0.484. The van der Waals surface area contributed by atoms with Gasteiger partial charge in [-0.2, -0.15) is 0 Å². The zero-order valence-corrected chi connectivity index (χ0v) is 19.9. The molecule has 0 saturated carbocycles.